The number of benzene rings is 1. The van der Waals surface area contributed by atoms with Gasteiger partial charge in [0.2, 0.25) is 10.0 Å². The number of nitrogens with two attached hydrogens (primary N) is 1. The number of sulfonamides is 1. The molecule has 1 unspecified atom stereocenters. The van der Waals surface area contributed by atoms with Gasteiger partial charge in [0.25, 0.3) is 0 Å². The lowest BCUT2D eigenvalue weighted by Crippen LogP contribution is -2.38. The highest BCUT2D eigenvalue weighted by molar-refractivity contribution is 7.89. The van der Waals surface area contributed by atoms with Gasteiger partial charge in [-0.2, -0.15) is 4.31 Å². The first-order valence-electron chi connectivity index (χ1n) is 6.98. The number of hydrogen-bond donors (Lipinski definition) is 2. The summed E-state index contributed by atoms with van der Waals surface area (Å²) in [5.41, 5.74) is 5.53. The lowest BCUT2D eigenvalue weighted by Gasteiger charge is -2.26. The summed E-state index contributed by atoms with van der Waals surface area (Å²) in [4.78, 5) is 11.1. The largest absolute Gasteiger partial charge is 0.478 e. The molecule has 1 aliphatic heterocycles. The Morgan fingerprint density at radius 1 is 1.33 bits per heavy atom. The van der Waals surface area contributed by atoms with Crippen LogP contribution in [0.2, 0.25) is 0 Å². The smallest absolute Gasteiger partial charge is 0.337 e. The van der Waals surface area contributed by atoms with Crippen molar-refractivity contribution in [3.8, 4) is 0 Å². The maximum atomic E-state index is 12.8. The van der Waals surface area contributed by atoms with Crippen LogP contribution in [0.1, 0.15) is 43.0 Å². The minimum atomic E-state index is -3.83. The Kier molecular flexibility index (Phi) is 4.53. The second-order valence-electron chi connectivity index (χ2n) is 5.37. The molecule has 1 aliphatic rings. The Bertz CT molecular complexity index is 642. The number of nitrogens with zero attached hydrogens (tertiary/aromatic N) is 1. The Labute approximate surface area is 124 Å². The van der Waals surface area contributed by atoms with Crippen molar-refractivity contribution in [3.05, 3.63) is 23.8 Å². The average molecular weight is 312 g/mol. The lowest BCUT2D eigenvalue weighted by atomic mass is 10.1. The summed E-state index contributed by atoms with van der Waals surface area (Å²) < 4.78 is 27.0. The number of carbonyl (C=O) groups is 1. The van der Waals surface area contributed by atoms with Crippen molar-refractivity contribution in [2.45, 2.75) is 43.5 Å². The molecule has 1 saturated heterocycles. The van der Waals surface area contributed by atoms with Crippen LogP contribution in [0.25, 0.3) is 0 Å². The van der Waals surface area contributed by atoms with Crippen molar-refractivity contribution in [2.24, 2.45) is 0 Å². The van der Waals surface area contributed by atoms with Crippen LogP contribution in [0.4, 0.5) is 5.69 Å². The van der Waals surface area contributed by atoms with Crippen molar-refractivity contribution >= 4 is 21.7 Å². The van der Waals surface area contributed by atoms with Gasteiger partial charge in [0.1, 0.15) is 0 Å². The molecular weight excluding hydrogens is 292 g/mol. The maximum absolute atomic E-state index is 12.8. The zero-order chi connectivity index (χ0) is 15.6. The van der Waals surface area contributed by atoms with Gasteiger partial charge in [0, 0.05) is 18.3 Å². The van der Waals surface area contributed by atoms with E-state index in [1.165, 1.54) is 22.5 Å². The minimum Gasteiger partial charge on any atom is -0.478 e. The predicted octanol–water partition coefficient (Wildman–Crippen LogP) is 1.92. The predicted molar refractivity (Wildman–Crippen MR) is 79.6 cm³/mol. The van der Waals surface area contributed by atoms with E-state index in [4.69, 9.17) is 5.73 Å². The third-order valence-electron chi connectivity index (χ3n) is 3.81. The fourth-order valence-electron chi connectivity index (χ4n) is 2.67. The van der Waals surface area contributed by atoms with Crippen molar-refractivity contribution in [3.63, 3.8) is 0 Å². The van der Waals surface area contributed by atoms with Crippen LogP contribution in [0.15, 0.2) is 23.1 Å². The molecular formula is C14H20N2O4S. The van der Waals surface area contributed by atoms with Gasteiger partial charge < -0.3 is 10.8 Å². The van der Waals surface area contributed by atoms with E-state index in [-0.39, 0.29) is 22.2 Å². The van der Waals surface area contributed by atoms with Gasteiger partial charge in [-0.25, -0.2) is 13.2 Å². The number of hydrogen-bond acceptors (Lipinski definition) is 4. The molecule has 0 radical (unpaired) electrons. The standard InChI is InChI=1S/C14H20N2O4S/c1-10-5-3-2-4-8-16(10)21(19,20)13-7-6-11(15)9-12(13)14(17)18/h6-7,9-10H,2-5,8,15H2,1H3,(H,17,18). The van der Waals surface area contributed by atoms with Crippen LogP contribution in [0, 0.1) is 0 Å². The quantitative estimate of drug-likeness (QED) is 0.830. The van der Waals surface area contributed by atoms with Crippen molar-refractivity contribution in [2.75, 3.05) is 12.3 Å². The average Bonchev–Trinajstić information content (AvgIpc) is 2.63. The van der Waals surface area contributed by atoms with E-state index in [9.17, 15) is 18.3 Å². The molecule has 0 saturated carbocycles. The van der Waals surface area contributed by atoms with E-state index in [1.54, 1.807) is 0 Å². The zero-order valence-electron chi connectivity index (χ0n) is 11.9. The molecule has 21 heavy (non-hydrogen) atoms. The van der Waals surface area contributed by atoms with Crippen molar-refractivity contribution in [1.82, 2.24) is 4.31 Å². The second kappa shape index (κ2) is 6.03. The van der Waals surface area contributed by atoms with Gasteiger partial charge in [0.05, 0.1) is 10.5 Å². The molecule has 2 rings (SSSR count). The first-order valence-corrected chi connectivity index (χ1v) is 8.42. The third kappa shape index (κ3) is 3.19. The normalized spacial score (nSPS) is 20.9. The highest BCUT2D eigenvalue weighted by atomic mass is 32.2. The van der Waals surface area contributed by atoms with E-state index >= 15 is 0 Å². The molecule has 6 nitrogen and oxygen atoms in total. The molecule has 7 heteroatoms. The van der Waals surface area contributed by atoms with Gasteiger partial charge in [0.15, 0.2) is 0 Å². The maximum Gasteiger partial charge on any atom is 0.337 e. The Balaban J connectivity index is 2.50. The SMILES string of the molecule is CC1CCCCCN1S(=O)(=O)c1ccc(N)cc1C(=O)O. The molecule has 0 aliphatic carbocycles. The summed E-state index contributed by atoms with van der Waals surface area (Å²) in [7, 11) is -3.83. The number of rotatable bonds is 3. The molecule has 1 fully saturated rings. The first-order chi connectivity index (χ1) is 9.84. The number of anilines is 1. The van der Waals surface area contributed by atoms with Crippen LogP contribution >= 0.6 is 0 Å². The van der Waals surface area contributed by atoms with Crippen LogP contribution in [0.3, 0.4) is 0 Å². The fraction of sp³-hybridized carbons (Fsp3) is 0.500. The third-order valence-corrected chi connectivity index (χ3v) is 5.88. The Morgan fingerprint density at radius 2 is 2.05 bits per heavy atom. The molecule has 1 aromatic rings. The monoisotopic (exact) mass is 312 g/mol. The van der Waals surface area contributed by atoms with Gasteiger partial charge >= 0.3 is 5.97 Å². The molecule has 0 spiro atoms. The van der Waals surface area contributed by atoms with Crippen molar-refractivity contribution in [1.29, 1.82) is 0 Å². The summed E-state index contributed by atoms with van der Waals surface area (Å²) in [6.45, 7) is 2.29. The van der Waals surface area contributed by atoms with Gasteiger partial charge in [-0.05, 0) is 38.0 Å². The minimum absolute atomic E-state index is 0.128. The van der Waals surface area contributed by atoms with Gasteiger partial charge in [-0.3, -0.25) is 0 Å². The Morgan fingerprint density at radius 3 is 2.71 bits per heavy atom. The summed E-state index contributed by atoms with van der Waals surface area (Å²) in [6, 6.07) is 3.77. The number of aromatic carboxylic acids is 1. The van der Waals surface area contributed by atoms with Gasteiger partial charge in [-0.15, -0.1) is 0 Å². The van der Waals surface area contributed by atoms with E-state index in [2.05, 4.69) is 0 Å². The summed E-state index contributed by atoms with van der Waals surface area (Å²) >= 11 is 0. The molecule has 116 valence electrons. The number of carboxylic acid groups (broad SMARTS) is 1. The molecule has 0 bridgehead atoms. The summed E-state index contributed by atoms with van der Waals surface area (Å²) in [5, 5.41) is 9.23. The molecule has 0 aromatic heterocycles. The Hall–Kier alpha value is -1.60. The number of nitrogen functional groups attached to an aromatic ring is 1. The number of carboxylic acids is 1. The van der Waals surface area contributed by atoms with Crippen LogP contribution < -0.4 is 5.73 Å². The highest BCUT2D eigenvalue weighted by Gasteiger charge is 2.33. The molecule has 0 amide bonds. The molecule has 1 aromatic carbocycles. The molecule has 3 N–H and O–H groups in total. The van der Waals surface area contributed by atoms with Gasteiger partial charge in [-0.1, -0.05) is 12.8 Å². The highest BCUT2D eigenvalue weighted by Crippen LogP contribution is 2.27. The summed E-state index contributed by atoms with van der Waals surface area (Å²) in [6.07, 6.45) is 3.56. The fourth-order valence-corrected chi connectivity index (χ4v) is 4.54. The second-order valence-corrected chi connectivity index (χ2v) is 7.23. The van der Waals surface area contributed by atoms with E-state index in [0.717, 1.165) is 25.7 Å². The van der Waals surface area contributed by atoms with Crippen LogP contribution in [0.5, 0.6) is 0 Å². The van der Waals surface area contributed by atoms with Crippen LogP contribution in [-0.4, -0.2) is 36.4 Å². The van der Waals surface area contributed by atoms with Crippen molar-refractivity contribution < 1.29 is 18.3 Å². The zero-order valence-corrected chi connectivity index (χ0v) is 12.8. The molecule has 1 atom stereocenters. The first kappa shape index (κ1) is 15.8. The lowest BCUT2D eigenvalue weighted by molar-refractivity contribution is 0.0692. The van der Waals surface area contributed by atoms with E-state index < -0.39 is 16.0 Å². The van der Waals surface area contributed by atoms with E-state index in [1.807, 2.05) is 6.92 Å². The molecule has 1 heterocycles. The summed E-state index contributed by atoms with van der Waals surface area (Å²) in [5.74, 6) is -1.29. The topological polar surface area (TPSA) is 101 Å². The van der Waals surface area contributed by atoms with E-state index in [0.29, 0.717) is 6.54 Å². The van der Waals surface area contributed by atoms with Crippen LogP contribution in [-0.2, 0) is 10.0 Å².